The first-order valence-corrected chi connectivity index (χ1v) is 10.6. The Kier molecular flexibility index (Phi) is 4.38. The molecule has 0 spiro atoms. The maximum absolute atomic E-state index is 13.4. The lowest BCUT2D eigenvalue weighted by atomic mass is 9.91. The molecule has 0 radical (unpaired) electrons. The van der Waals surface area contributed by atoms with Crippen molar-refractivity contribution in [3.63, 3.8) is 0 Å². The molecule has 8 nitrogen and oxygen atoms in total. The van der Waals surface area contributed by atoms with E-state index in [1.807, 2.05) is 0 Å². The number of carbonyl (C=O) groups excluding carboxylic acids is 1. The lowest BCUT2D eigenvalue weighted by molar-refractivity contribution is -0.00874. The van der Waals surface area contributed by atoms with Gasteiger partial charge in [0.05, 0.1) is 29.7 Å². The van der Waals surface area contributed by atoms with E-state index < -0.39 is 5.92 Å². The first-order valence-electron chi connectivity index (χ1n) is 10.6. The lowest BCUT2D eigenvalue weighted by Crippen LogP contribution is -2.60. The topological polar surface area (TPSA) is 87.1 Å². The number of fused-ring (bicyclic) bond motifs is 1. The van der Waals surface area contributed by atoms with Crippen LogP contribution in [0.2, 0.25) is 0 Å². The average Bonchev–Trinajstić information content (AvgIpc) is 3.27. The van der Waals surface area contributed by atoms with Gasteiger partial charge in [-0.2, -0.15) is 5.10 Å². The van der Waals surface area contributed by atoms with E-state index in [4.69, 9.17) is 0 Å². The summed E-state index contributed by atoms with van der Waals surface area (Å²) < 4.78 is 28.4. The van der Waals surface area contributed by atoms with Crippen molar-refractivity contribution < 1.29 is 13.6 Å². The number of carbonyl (C=O) groups is 1. The molecule has 1 aliphatic carbocycles. The summed E-state index contributed by atoms with van der Waals surface area (Å²) in [6.45, 7) is 6.97. The van der Waals surface area contributed by atoms with Crippen LogP contribution in [0.5, 0.6) is 0 Å². The second-order valence-electron chi connectivity index (χ2n) is 9.83. The number of hydrogen-bond acceptors (Lipinski definition) is 5. The normalized spacial score (nSPS) is 22.5. The molecule has 0 atom stereocenters. The van der Waals surface area contributed by atoms with E-state index in [9.17, 15) is 18.4 Å². The van der Waals surface area contributed by atoms with E-state index in [0.29, 0.717) is 48.8 Å². The van der Waals surface area contributed by atoms with Crippen LogP contribution >= 0.6 is 0 Å². The quantitative estimate of drug-likeness (QED) is 0.795. The predicted molar refractivity (Wildman–Crippen MR) is 109 cm³/mol. The molecule has 2 saturated heterocycles. The Morgan fingerprint density at radius 2 is 2.00 bits per heavy atom. The maximum atomic E-state index is 13.4. The SMILES string of the molecule is Cc1c(C(=O)N2CC(N3CCC(F)(F)C3)C2)cnn1-c1nc2c(c(=O)[nH]1)CC(C)(C)C2. The van der Waals surface area contributed by atoms with Crippen molar-refractivity contribution in [2.45, 2.75) is 52.0 Å². The number of aromatic amines is 1. The molecule has 2 aromatic rings. The lowest BCUT2D eigenvalue weighted by Gasteiger charge is -2.43. The number of nitrogens with zero attached hydrogens (tertiary/aromatic N) is 5. The molecule has 1 N–H and O–H groups in total. The van der Waals surface area contributed by atoms with Crippen molar-refractivity contribution in [3.05, 3.63) is 39.1 Å². The third-order valence-electron chi connectivity index (χ3n) is 6.70. The van der Waals surface area contributed by atoms with Crippen molar-refractivity contribution in [2.75, 3.05) is 26.2 Å². The minimum absolute atomic E-state index is 0.00536. The highest BCUT2D eigenvalue weighted by atomic mass is 19.3. The minimum atomic E-state index is -2.63. The molecular formula is C21H26F2N6O2. The maximum Gasteiger partial charge on any atom is 0.261 e. The van der Waals surface area contributed by atoms with Gasteiger partial charge in [-0.15, -0.1) is 0 Å². The Labute approximate surface area is 178 Å². The molecule has 3 aliphatic rings. The molecule has 0 saturated carbocycles. The molecule has 0 aromatic carbocycles. The van der Waals surface area contributed by atoms with Gasteiger partial charge in [-0.05, 0) is 25.2 Å². The van der Waals surface area contributed by atoms with Gasteiger partial charge in [0.25, 0.3) is 17.4 Å². The van der Waals surface area contributed by atoms with E-state index >= 15 is 0 Å². The summed E-state index contributed by atoms with van der Waals surface area (Å²) in [5, 5.41) is 4.29. The number of amides is 1. The summed E-state index contributed by atoms with van der Waals surface area (Å²) in [5.41, 5.74) is 2.33. The zero-order chi connectivity index (χ0) is 22.1. The second-order valence-corrected chi connectivity index (χ2v) is 9.83. The zero-order valence-corrected chi connectivity index (χ0v) is 17.9. The fraction of sp³-hybridized carbons (Fsp3) is 0.619. The Balaban J connectivity index is 1.32. The first-order chi connectivity index (χ1) is 14.5. The number of alkyl halides is 2. The molecule has 2 aromatic heterocycles. The van der Waals surface area contributed by atoms with E-state index in [1.54, 1.807) is 16.7 Å². The number of halogens is 2. The zero-order valence-electron chi connectivity index (χ0n) is 17.9. The molecule has 2 aliphatic heterocycles. The van der Waals surface area contributed by atoms with Crippen LogP contribution in [0.1, 0.15) is 47.6 Å². The summed E-state index contributed by atoms with van der Waals surface area (Å²) in [6, 6.07) is -0.0224. The number of rotatable bonds is 3. The number of hydrogen-bond donors (Lipinski definition) is 1. The Hall–Kier alpha value is -2.62. The smallest absolute Gasteiger partial charge is 0.261 e. The molecule has 31 heavy (non-hydrogen) atoms. The van der Waals surface area contributed by atoms with E-state index in [2.05, 4.69) is 28.9 Å². The Morgan fingerprint density at radius 1 is 1.26 bits per heavy atom. The van der Waals surface area contributed by atoms with Crippen LogP contribution < -0.4 is 5.56 Å². The van der Waals surface area contributed by atoms with Gasteiger partial charge in [0.2, 0.25) is 5.95 Å². The summed E-state index contributed by atoms with van der Waals surface area (Å²) in [4.78, 5) is 36.3. The Bertz CT molecular complexity index is 1120. The van der Waals surface area contributed by atoms with E-state index in [-0.39, 0.29) is 35.9 Å². The Morgan fingerprint density at radius 3 is 2.68 bits per heavy atom. The van der Waals surface area contributed by atoms with Crippen LogP contribution in [-0.2, 0) is 12.8 Å². The van der Waals surface area contributed by atoms with Crippen LogP contribution in [0.25, 0.3) is 5.95 Å². The molecule has 166 valence electrons. The summed E-state index contributed by atoms with van der Waals surface area (Å²) in [5.74, 6) is -2.51. The number of H-pyrrole nitrogens is 1. The third kappa shape index (κ3) is 3.46. The van der Waals surface area contributed by atoms with Gasteiger partial charge in [0, 0.05) is 37.7 Å². The molecule has 0 bridgehead atoms. The fourth-order valence-corrected chi connectivity index (χ4v) is 4.88. The van der Waals surface area contributed by atoms with Crippen molar-refractivity contribution in [2.24, 2.45) is 5.41 Å². The highest BCUT2D eigenvalue weighted by Crippen LogP contribution is 2.34. The van der Waals surface area contributed by atoms with E-state index in [0.717, 1.165) is 12.1 Å². The van der Waals surface area contributed by atoms with Gasteiger partial charge >= 0.3 is 0 Å². The predicted octanol–water partition coefficient (Wildman–Crippen LogP) is 1.55. The van der Waals surface area contributed by atoms with Crippen molar-refractivity contribution >= 4 is 5.91 Å². The molecule has 2 fully saturated rings. The van der Waals surface area contributed by atoms with Crippen LogP contribution in [0.4, 0.5) is 8.78 Å². The second kappa shape index (κ2) is 6.69. The van der Waals surface area contributed by atoms with Gasteiger partial charge in [-0.25, -0.2) is 18.4 Å². The fourth-order valence-electron chi connectivity index (χ4n) is 4.88. The van der Waals surface area contributed by atoms with Crippen molar-refractivity contribution in [1.29, 1.82) is 0 Å². The monoisotopic (exact) mass is 432 g/mol. The van der Waals surface area contributed by atoms with E-state index in [1.165, 1.54) is 10.9 Å². The third-order valence-corrected chi connectivity index (χ3v) is 6.70. The highest BCUT2D eigenvalue weighted by Gasteiger charge is 2.45. The average molecular weight is 432 g/mol. The van der Waals surface area contributed by atoms with Gasteiger partial charge in [0.1, 0.15) is 0 Å². The summed E-state index contributed by atoms with van der Waals surface area (Å²) in [7, 11) is 0. The summed E-state index contributed by atoms with van der Waals surface area (Å²) >= 11 is 0. The first kappa shape index (κ1) is 20.3. The summed E-state index contributed by atoms with van der Waals surface area (Å²) in [6.07, 6.45) is 2.76. The number of nitrogens with one attached hydrogen (secondary N) is 1. The molecule has 1 amide bonds. The van der Waals surface area contributed by atoms with Crippen molar-refractivity contribution in [3.8, 4) is 5.95 Å². The number of likely N-dealkylation sites (tertiary alicyclic amines) is 2. The number of aromatic nitrogens is 4. The van der Waals surface area contributed by atoms with Crippen LogP contribution in [0.3, 0.4) is 0 Å². The highest BCUT2D eigenvalue weighted by molar-refractivity contribution is 5.95. The molecule has 10 heteroatoms. The van der Waals surface area contributed by atoms with Gasteiger partial charge in [0.15, 0.2) is 0 Å². The van der Waals surface area contributed by atoms with Crippen molar-refractivity contribution in [1.82, 2.24) is 29.5 Å². The van der Waals surface area contributed by atoms with Gasteiger partial charge in [-0.1, -0.05) is 13.8 Å². The standard InChI is InChI=1S/C21H26F2N6O2/c1-12-15(18(31)28-9-13(10-28)27-5-4-21(22,23)11-27)8-24-29(12)19-25-16-7-20(2,3)6-14(16)17(30)26-19/h8,13H,4-7,9-11H2,1-3H3,(H,25,26,30). The minimum Gasteiger partial charge on any atom is -0.335 e. The molecule has 5 rings (SSSR count). The van der Waals surface area contributed by atoms with Crippen LogP contribution in [-0.4, -0.2) is 73.6 Å². The molecular weight excluding hydrogens is 406 g/mol. The largest absolute Gasteiger partial charge is 0.335 e. The van der Waals surface area contributed by atoms with Gasteiger partial charge < -0.3 is 4.90 Å². The molecule has 0 unspecified atom stereocenters. The van der Waals surface area contributed by atoms with Crippen LogP contribution in [0.15, 0.2) is 11.0 Å². The van der Waals surface area contributed by atoms with Crippen LogP contribution in [0, 0.1) is 12.3 Å². The molecule has 4 heterocycles. The van der Waals surface area contributed by atoms with Gasteiger partial charge in [-0.3, -0.25) is 19.5 Å².